The number of hydrogen-bond acceptors (Lipinski definition) is 3. The fourth-order valence-electron chi connectivity index (χ4n) is 3.59. The van der Waals surface area contributed by atoms with Crippen molar-refractivity contribution >= 4 is 41.5 Å². The first kappa shape index (κ1) is 24.1. The van der Waals surface area contributed by atoms with Gasteiger partial charge in [0.15, 0.2) is 5.96 Å². The fourth-order valence-corrected chi connectivity index (χ4v) is 3.59. The number of benzene rings is 2. The molecule has 0 aliphatic carbocycles. The summed E-state index contributed by atoms with van der Waals surface area (Å²) in [5, 5.41) is 6.79. The van der Waals surface area contributed by atoms with Crippen LogP contribution in [0.5, 0.6) is 0 Å². The van der Waals surface area contributed by atoms with Crippen molar-refractivity contribution in [1.29, 1.82) is 0 Å². The molecule has 0 radical (unpaired) electrons. The maximum atomic E-state index is 11.9. The van der Waals surface area contributed by atoms with Gasteiger partial charge in [0.25, 0.3) is 0 Å². The number of anilines is 1. The van der Waals surface area contributed by atoms with Gasteiger partial charge in [0, 0.05) is 38.8 Å². The molecule has 2 aromatic carbocycles. The number of likely N-dealkylation sites (N-methyl/N-ethyl adjacent to an activating group) is 1. The van der Waals surface area contributed by atoms with Crippen molar-refractivity contribution in [3.05, 3.63) is 65.7 Å². The fraction of sp³-hybridized carbons (Fsp3) is 0.391. The van der Waals surface area contributed by atoms with E-state index in [-0.39, 0.29) is 35.9 Å². The van der Waals surface area contributed by atoms with Gasteiger partial charge in [-0.1, -0.05) is 42.5 Å². The summed E-state index contributed by atoms with van der Waals surface area (Å²) in [5.74, 6) is 0.987. The number of aliphatic imine (C=N–C) groups is 1. The first-order valence-electron chi connectivity index (χ1n) is 10.1. The van der Waals surface area contributed by atoms with Crippen molar-refractivity contribution in [3.63, 3.8) is 0 Å². The highest BCUT2D eigenvalue weighted by atomic mass is 127. The predicted octanol–water partition coefficient (Wildman–Crippen LogP) is 3.40. The Morgan fingerprint density at radius 2 is 1.80 bits per heavy atom. The summed E-state index contributed by atoms with van der Waals surface area (Å²) in [6, 6.07) is 18.9. The number of hydrogen-bond donors (Lipinski definition) is 2. The Labute approximate surface area is 196 Å². The van der Waals surface area contributed by atoms with Crippen LogP contribution in [0.2, 0.25) is 0 Å². The molecule has 2 aromatic rings. The van der Waals surface area contributed by atoms with Gasteiger partial charge in [0.2, 0.25) is 5.91 Å². The molecule has 2 N–H and O–H groups in total. The van der Waals surface area contributed by atoms with E-state index in [0.29, 0.717) is 13.0 Å². The van der Waals surface area contributed by atoms with Crippen LogP contribution in [-0.4, -0.2) is 51.0 Å². The van der Waals surface area contributed by atoms with Crippen LogP contribution >= 0.6 is 24.0 Å². The minimum atomic E-state index is 0. The second-order valence-electron chi connectivity index (χ2n) is 7.51. The number of rotatable bonds is 7. The molecule has 1 amide bonds. The summed E-state index contributed by atoms with van der Waals surface area (Å²) in [5.41, 5.74) is 3.40. The molecule has 0 aromatic heterocycles. The Morgan fingerprint density at radius 1 is 1.10 bits per heavy atom. The standard InChI is InChI=1S/C23H31N5O.HI/c1-24-23(26-17-21(27(2)3)19-8-5-4-6-9-19)25-16-18-11-13-20(14-12-18)28-15-7-10-22(28)29;/h4-6,8-9,11-14,21H,7,10,15-17H2,1-3H3,(H2,24,25,26);1H. The van der Waals surface area contributed by atoms with Crippen LogP contribution in [0.1, 0.15) is 30.0 Å². The van der Waals surface area contributed by atoms with Gasteiger partial charge in [0.1, 0.15) is 0 Å². The SMILES string of the molecule is CN=C(NCc1ccc(N2CCCC2=O)cc1)NCC(c1ccccc1)N(C)C.I. The highest BCUT2D eigenvalue weighted by Crippen LogP contribution is 2.21. The molecule has 7 heteroatoms. The van der Waals surface area contributed by atoms with Crippen molar-refractivity contribution in [2.45, 2.75) is 25.4 Å². The minimum absolute atomic E-state index is 0. The molecule has 30 heavy (non-hydrogen) atoms. The lowest BCUT2D eigenvalue weighted by molar-refractivity contribution is -0.117. The van der Waals surface area contributed by atoms with E-state index in [0.717, 1.165) is 36.7 Å². The number of halogens is 1. The van der Waals surface area contributed by atoms with E-state index in [1.807, 2.05) is 23.1 Å². The molecule has 3 rings (SSSR count). The Morgan fingerprint density at radius 3 is 2.37 bits per heavy atom. The first-order valence-corrected chi connectivity index (χ1v) is 10.1. The van der Waals surface area contributed by atoms with Crippen LogP contribution < -0.4 is 15.5 Å². The second kappa shape index (κ2) is 11.9. The molecule has 1 heterocycles. The summed E-state index contributed by atoms with van der Waals surface area (Å²) in [7, 11) is 5.95. The third-order valence-electron chi connectivity index (χ3n) is 5.28. The molecule has 1 aliphatic heterocycles. The molecule has 0 saturated carbocycles. The first-order chi connectivity index (χ1) is 14.1. The lowest BCUT2D eigenvalue weighted by Crippen LogP contribution is -2.41. The largest absolute Gasteiger partial charge is 0.354 e. The molecule has 6 nitrogen and oxygen atoms in total. The third-order valence-corrected chi connectivity index (χ3v) is 5.28. The zero-order chi connectivity index (χ0) is 20.6. The zero-order valence-electron chi connectivity index (χ0n) is 18.0. The van der Waals surface area contributed by atoms with E-state index in [4.69, 9.17) is 0 Å². The van der Waals surface area contributed by atoms with Gasteiger partial charge in [-0.05, 0) is 43.8 Å². The monoisotopic (exact) mass is 521 g/mol. The molecule has 0 spiro atoms. The van der Waals surface area contributed by atoms with Crippen molar-refractivity contribution in [2.24, 2.45) is 4.99 Å². The van der Waals surface area contributed by atoms with E-state index < -0.39 is 0 Å². The summed E-state index contributed by atoms with van der Waals surface area (Å²) in [6.45, 7) is 2.25. The lowest BCUT2D eigenvalue weighted by Gasteiger charge is -2.26. The average molecular weight is 521 g/mol. The van der Waals surface area contributed by atoms with E-state index in [1.165, 1.54) is 5.56 Å². The summed E-state index contributed by atoms with van der Waals surface area (Å²) in [6.07, 6.45) is 1.60. The van der Waals surface area contributed by atoms with E-state index in [9.17, 15) is 4.79 Å². The maximum absolute atomic E-state index is 11.9. The Balaban J connectivity index is 0.00000320. The number of amides is 1. The summed E-state index contributed by atoms with van der Waals surface area (Å²) < 4.78 is 0. The predicted molar refractivity (Wildman–Crippen MR) is 135 cm³/mol. The lowest BCUT2D eigenvalue weighted by atomic mass is 10.1. The number of carbonyl (C=O) groups excluding carboxylic acids is 1. The Hall–Kier alpha value is -2.13. The molecule has 162 valence electrons. The van der Waals surface area contributed by atoms with Crippen LogP contribution in [-0.2, 0) is 11.3 Å². The van der Waals surface area contributed by atoms with Gasteiger partial charge >= 0.3 is 0 Å². The van der Waals surface area contributed by atoms with Gasteiger partial charge < -0.3 is 20.4 Å². The van der Waals surface area contributed by atoms with Gasteiger partial charge in [0.05, 0.1) is 6.04 Å². The molecular formula is C23H32IN5O. The quantitative estimate of drug-likeness (QED) is 0.333. The van der Waals surface area contributed by atoms with Crippen molar-refractivity contribution < 1.29 is 4.79 Å². The van der Waals surface area contributed by atoms with Gasteiger partial charge in [-0.25, -0.2) is 0 Å². The minimum Gasteiger partial charge on any atom is -0.354 e. The average Bonchev–Trinajstić information content (AvgIpc) is 3.17. The Kier molecular flexibility index (Phi) is 9.58. The molecule has 1 unspecified atom stereocenters. The van der Waals surface area contributed by atoms with E-state index in [1.54, 1.807) is 7.05 Å². The Bertz CT molecular complexity index is 823. The number of carbonyl (C=O) groups is 1. The molecule has 0 bridgehead atoms. The molecule has 1 aliphatic rings. The van der Waals surface area contributed by atoms with Crippen LogP contribution in [0.15, 0.2) is 59.6 Å². The summed E-state index contributed by atoms with van der Waals surface area (Å²) in [4.78, 5) is 20.3. The number of nitrogens with one attached hydrogen (secondary N) is 2. The van der Waals surface area contributed by atoms with Gasteiger partial charge in [-0.15, -0.1) is 24.0 Å². The number of guanidine groups is 1. The van der Waals surface area contributed by atoms with Crippen molar-refractivity contribution in [1.82, 2.24) is 15.5 Å². The molecule has 1 fully saturated rings. The van der Waals surface area contributed by atoms with Gasteiger partial charge in [-0.3, -0.25) is 9.79 Å². The topological polar surface area (TPSA) is 60.0 Å². The zero-order valence-corrected chi connectivity index (χ0v) is 20.3. The van der Waals surface area contributed by atoms with E-state index in [2.05, 4.69) is 71.0 Å². The molecule has 1 saturated heterocycles. The van der Waals surface area contributed by atoms with Crippen LogP contribution in [0.25, 0.3) is 0 Å². The van der Waals surface area contributed by atoms with Crippen molar-refractivity contribution in [2.75, 3.05) is 39.1 Å². The van der Waals surface area contributed by atoms with Crippen LogP contribution in [0.3, 0.4) is 0 Å². The second-order valence-corrected chi connectivity index (χ2v) is 7.51. The summed E-state index contributed by atoms with van der Waals surface area (Å²) >= 11 is 0. The third kappa shape index (κ3) is 6.43. The van der Waals surface area contributed by atoms with Crippen LogP contribution in [0, 0.1) is 0 Å². The molecule has 1 atom stereocenters. The molecular weight excluding hydrogens is 489 g/mol. The van der Waals surface area contributed by atoms with E-state index >= 15 is 0 Å². The van der Waals surface area contributed by atoms with Gasteiger partial charge in [-0.2, -0.15) is 0 Å². The smallest absolute Gasteiger partial charge is 0.227 e. The van der Waals surface area contributed by atoms with Crippen molar-refractivity contribution in [3.8, 4) is 0 Å². The number of nitrogens with zero attached hydrogens (tertiary/aromatic N) is 3. The highest BCUT2D eigenvalue weighted by molar-refractivity contribution is 14.0. The normalized spacial score (nSPS) is 15.1. The van der Waals surface area contributed by atoms with Crippen LogP contribution in [0.4, 0.5) is 5.69 Å². The maximum Gasteiger partial charge on any atom is 0.227 e. The highest BCUT2D eigenvalue weighted by Gasteiger charge is 2.21.